The van der Waals surface area contributed by atoms with Crippen LogP contribution in [0.25, 0.3) is 11.1 Å². The molecule has 0 saturated carbocycles. The Morgan fingerprint density at radius 1 is 0.958 bits per heavy atom. The summed E-state index contributed by atoms with van der Waals surface area (Å²) in [6.07, 6.45) is 7.97. The zero-order valence-electron chi connectivity index (χ0n) is 15.0. The summed E-state index contributed by atoms with van der Waals surface area (Å²) in [6.45, 7) is 4.33. The molecule has 3 rings (SSSR count). The van der Waals surface area contributed by atoms with Crippen molar-refractivity contribution >= 4 is 5.78 Å². The molecule has 0 heterocycles. The highest BCUT2D eigenvalue weighted by Gasteiger charge is 2.18. The summed E-state index contributed by atoms with van der Waals surface area (Å²) in [5, 5.41) is 0. The molecule has 126 valence electrons. The van der Waals surface area contributed by atoms with Crippen LogP contribution < -0.4 is 0 Å². The molecule has 2 aromatic rings. The van der Waals surface area contributed by atoms with Gasteiger partial charge >= 0.3 is 0 Å². The highest BCUT2D eigenvalue weighted by molar-refractivity contribution is 5.96. The Morgan fingerprint density at radius 2 is 1.71 bits per heavy atom. The van der Waals surface area contributed by atoms with Gasteiger partial charge in [-0.05, 0) is 53.9 Å². The third-order valence-electron chi connectivity index (χ3n) is 5.25. The fourth-order valence-corrected chi connectivity index (χ4v) is 3.88. The number of rotatable bonds is 6. The van der Waals surface area contributed by atoms with Crippen molar-refractivity contribution in [2.75, 3.05) is 0 Å². The van der Waals surface area contributed by atoms with Gasteiger partial charge in [-0.1, -0.05) is 69.2 Å². The number of ketones is 1. The van der Waals surface area contributed by atoms with Gasteiger partial charge in [-0.25, -0.2) is 0 Å². The van der Waals surface area contributed by atoms with E-state index in [2.05, 4.69) is 37.3 Å². The Morgan fingerprint density at radius 3 is 2.42 bits per heavy atom. The maximum Gasteiger partial charge on any atom is 0.162 e. The summed E-state index contributed by atoms with van der Waals surface area (Å²) in [7, 11) is 0. The second-order valence-electron chi connectivity index (χ2n) is 7.13. The maximum absolute atomic E-state index is 12.0. The van der Waals surface area contributed by atoms with Gasteiger partial charge in [0.25, 0.3) is 0 Å². The molecule has 0 aromatic heterocycles. The number of benzene rings is 2. The van der Waals surface area contributed by atoms with Gasteiger partial charge in [0.05, 0.1) is 0 Å². The third kappa shape index (κ3) is 3.77. The van der Waals surface area contributed by atoms with Crippen molar-refractivity contribution in [2.24, 2.45) is 5.92 Å². The summed E-state index contributed by atoms with van der Waals surface area (Å²) >= 11 is 0. The van der Waals surface area contributed by atoms with E-state index in [9.17, 15) is 4.79 Å². The Hall–Kier alpha value is -1.89. The standard InChI is InChI=1S/C23H28O/c1-3-5-17-7-8-22-16-21(14-13-20(22)15-17)18-9-11-19(12-10-18)23(24)6-4-2/h9-14,16-17H,3-8,15H2,1-2H3. The monoisotopic (exact) mass is 320 g/mol. The number of aryl methyl sites for hydroxylation is 1. The van der Waals surface area contributed by atoms with Gasteiger partial charge in [-0.15, -0.1) is 0 Å². The van der Waals surface area contributed by atoms with E-state index >= 15 is 0 Å². The average Bonchev–Trinajstić information content (AvgIpc) is 2.62. The van der Waals surface area contributed by atoms with Gasteiger partial charge < -0.3 is 0 Å². The number of carbonyl (C=O) groups excluding carboxylic acids is 1. The summed E-state index contributed by atoms with van der Waals surface area (Å²) < 4.78 is 0. The van der Waals surface area contributed by atoms with Crippen molar-refractivity contribution in [3.8, 4) is 11.1 Å². The van der Waals surface area contributed by atoms with Gasteiger partial charge in [-0.2, -0.15) is 0 Å². The van der Waals surface area contributed by atoms with E-state index in [1.54, 1.807) is 0 Å². The van der Waals surface area contributed by atoms with Crippen LogP contribution in [0.4, 0.5) is 0 Å². The number of hydrogen-bond donors (Lipinski definition) is 0. The first kappa shape index (κ1) is 17.0. The van der Waals surface area contributed by atoms with E-state index in [0.717, 1.165) is 17.9 Å². The number of carbonyl (C=O) groups is 1. The number of Topliss-reactive ketones (excluding diaryl/α,β-unsaturated/α-hetero) is 1. The fraction of sp³-hybridized carbons (Fsp3) is 0.435. The first-order chi connectivity index (χ1) is 11.7. The Kier molecular flexibility index (Phi) is 5.50. The van der Waals surface area contributed by atoms with Crippen molar-refractivity contribution < 1.29 is 4.79 Å². The molecule has 2 aromatic carbocycles. The minimum absolute atomic E-state index is 0.247. The molecule has 1 unspecified atom stereocenters. The molecule has 0 N–H and O–H groups in total. The highest BCUT2D eigenvalue weighted by Crippen LogP contribution is 2.31. The lowest BCUT2D eigenvalue weighted by atomic mass is 9.81. The smallest absolute Gasteiger partial charge is 0.162 e. The minimum Gasteiger partial charge on any atom is -0.294 e. The Bertz CT molecular complexity index is 696. The predicted octanol–water partition coefficient (Wildman–Crippen LogP) is 6.24. The second kappa shape index (κ2) is 7.79. The predicted molar refractivity (Wildman–Crippen MR) is 102 cm³/mol. The van der Waals surface area contributed by atoms with Crippen LogP contribution in [-0.2, 0) is 12.8 Å². The topological polar surface area (TPSA) is 17.1 Å². The molecule has 0 spiro atoms. The zero-order chi connectivity index (χ0) is 16.9. The van der Waals surface area contributed by atoms with Crippen LogP contribution >= 0.6 is 0 Å². The summed E-state index contributed by atoms with van der Waals surface area (Å²) in [5.41, 5.74) is 6.38. The van der Waals surface area contributed by atoms with Crippen LogP contribution in [0, 0.1) is 5.92 Å². The van der Waals surface area contributed by atoms with E-state index in [-0.39, 0.29) is 5.78 Å². The van der Waals surface area contributed by atoms with Crippen LogP contribution in [0.2, 0.25) is 0 Å². The normalized spacial score (nSPS) is 16.7. The molecule has 0 fully saturated rings. The van der Waals surface area contributed by atoms with Crippen molar-refractivity contribution in [1.82, 2.24) is 0 Å². The molecule has 0 saturated heterocycles. The van der Waals surface area contributed by atoms with Gasteiger partial charge in [0.2, 0.25) is 0 Å². The lowest BCUT2D eigenvalue weighted by molar-refractivity contribution is 0.0982. The Balaban J connectivity index is 1.77. The molecule has 1 aliphatic carbocycles. The van der Waals surface area contributed by atoms with E-state index in [1.807, 2.05) is 19.1 Å². The van der Waals surface area contributed by atoms with Gasteiger partial charge in [0.15, 0.2) is 5.78 Å². The molecule has 1 atom stereocenters. The minimum atomic E-state index is 0.247. The molecule has 0 radical (unpaired) electrons. The van der Waals surface area contributed by atoms with Crippen LogP contribution in [0.15, 0.2) is 42.5 Å². The van der Waals surface area contributed by atoms with Crippen LogP contribution in [-0.4, -0.2) is 5.78 Å². The summed E-state index contributed by atoms with van der Waals surface area (Å²) in [6, 6.07) is 15.1. The molecule has 1 aliphatic rings. The number of hydrogen-bond acceptors (Lipinski definition) is 1. The largest absolute Gasteiger partial charge is 0.294 e. The first-order valence-electron chi connectivity index (χ1n) is 9.46. The zero-order valence-corrected chi connectivity index (χ0v) is 15.0. The van der Waals surface area contributed by atoms with Crippen molar-refractivity contribution in [3.63, 3.8) is 0 Å². The van der Waals surface area contributed by atoms with Crippen molar-refractivity contribution in [2.45, 2.75) is 58.8 Å². The second-order valence-corrected chi connectivity index (χ2v) is 7.13. The van der Waals surface area contributed by atoms with Gasteiger partial charge in [0.1, 0.15) is 0 Å². The maximum atomic E-state index is 12.0. The SMILES string of the molecule is CCCC(=O)c1ccc(-c2ccc3c(c2)CCC(CCC)C3)cc1. The lowest BCUT2D eigenvalue weighted by Crippen LogP contribution is -2.14. The molecule has 0 aliphatic heterocycles. The Labute approximate surface area is 146 Å². The van der Waals surface area contributed by atoms with E-state index in [4.69, 9.17) is 0 Å². The molecule has 1 heteroatoms. The molecular formula is C23H28O. The fourth-order valence-electron chi connectivity index (χ4n) is 3.88. The highest BCUT2D eigenvalue weighted by atomic mass is 16.1. The first-order valence-corrected chi connectivity index (χ1v) is 9.46. The van der Waals surface area contributed by atoms with Crippen LogP contribution in [0.1, 0.15) is 67.4 Å². The number of fused-ring (bicyclic) bond motifs is 1. The lowest BCUT2D eigenvalue weighted by Gasteiger charge is -2.24. The molecule has 1 nitrogen and oxygen atoms in total. The molecular weight excluding hydrogens is 292 g/mol. The third-order valence-corrected chi connectivity index (χ3v) is 5.25. The van der Waals surface area contributed by atoms with E-state index in [1.165, 1.54) is 54.4 Å². The van der Waals surface area contributed by atoms with Gasteiger partial charge in [-0.3, -0.25) is 4.79 Å². The van der Waals surface area contributed by atoms with E-state index in [0.29, 0.717) is 6.42 Å². The molecule has 0 bridgehead atoms. The van der Waals surface area contributed by atoms with E-state index < -0.39 is 0 Å². The molecule has 24 heavy (non-hydrogen) atoms. The van der Waals surface area contributed by atoms with Gasteiger partial charge in [0, 0.05) is 12.0 Å². The average molecular weight is 320 g/mol. The van der Waals surface area contributed by atoms with Crippen LogP contribution in [0.3, 0.4) is 0 Å². The van der Waals surface area contributed by atoms with Crippen LogP contribution in [0.5, 0.6) is 0 Å². The summed E-state index contributed by atoms with van der Waals surface area (Å²) in [4.78, 5) is 12.0. The van der Waals surface area contributed by atoms with Crippen molar-refractivity contribution in [3.05, 3.63) is 59.2 Å². The molecule has 0 amide bonds. The summed E-state index contributed by atoms with van der Waals surface area (Å²) in [5.74, 6) is 1.12. The van der Waals surface area contributed by atoms with Crippen molar-refractivity contribution in [1.29, 1.82) is 0 Å². The quantitative estimate of drug-likeness (QED) is 0.576.